The molecule has 1 aliphatic rings. The number of nitro groups is 1. The van der Waals surface area contributed by atoms with Crippen molar-refractivity contribution in [2.24, 2.45) is 11.8 Å². The number of ether oxygens (including phenoxy) is 2. The van der Waals surface area contributed by atoms with Gasteiger partial charge in [0.15, 0.2) is 0 Å². The number of anilines is 1. The molecule has 1 saturated heterocycles. The largest absolute Gasteiger partial charge is 0.494 e. The zero-order valence-corrected chi connectivity index (χ0v) is 19.1. The molecule has 0 radical (unpaired) electrons. The first-order valence-electron chi connectivity index (χ1n) is 11.0. The van der Waals surface area contributed by atoms with Crippen LogP contribution in [0.15, 0.2) is 30.4 Å². The maximum absolute atomic E-state index is 11.8. The second kappa shape index (κ2) is 11.7. The molecule has 1 aromatic carbocycles. The van der Waals surface area contributed by atoms with Gasteiger partial charge in [-0.25, -0.2) is 4.79 Å². The van der Waals surface area contributed by atoms with E-state index in [1.807, 2.05) is 6.92 Å². The Morgan fingerprint density at radius 1 is 1.39 bits per heavy atom. The molecule has 1 aliphatic heterocycles. The number of nitrogens with one attached hydrogen (secondary N) is 1. The minimum Gasteiger partial charge on any atom is -0.494 e. The van der Waals surface area contributed by atoms with Gasteiger partial charge in [-0.2, -0.15) is 0 Å². The van der Waals surface area contributed by atoms with Crippen LogP contribution in [0.5, 0.6) is 5.75 Å². The SMILES string of the molecule is C=C(C)C(=O)OCCCNCC1C(C)C(CC)CN1c1ccc(OCC)cc1[N+](=O)[O-]. The average molecular weight is 434 g/mol. The zero-order chi connectivity index (χ0) is 23.0. The predicted molar refractivity (Wildman–Crippen MR) is 122 cm³/mol. The second-order valence-corrected chi connectivity index (χ2v) is 8.06. The molecule has 0 aliphatic carbocycles. The van der Waals surface area contributed by atoms with Crippen LogP contribution in [0.25, 0.3) is 0 Å². The fourth-order valence-corrected chi connectivity index (χ4v) is 4.11. The first-order chi connectivity index (χ1) is 14.8. The van der Waals surface area contributed by atoms with E-state index < -0.39 is 0 Å². The van der Waals surface area contributed by atoms with E-state index in [1.54, 1.807) is 19.1 Å². The van der Waals surface area contributed by atoms with Gasteiger partial charge in [0.05, 0.1) is 24.2 Å². The van der Waals surface area contributed by atoms with Crippen molar-refractivity contribution in [3.05, 3.63) is 40.5 Å². The van der Waals surface area contributed by atoms with E-state index in [-0.39, 0.29) is 22.6 Å². The molecule has 3 unspecified atom stereocenters. The van der Waals surface area contributed by atoms with Gasteiger partial charge >= 0.3 is 5.97 Å². The van der Waals surface area contributed by atoms with Crippen molar-refractivity contribution in [2.45, 2.75) is 46.6 Å². The molecular formula is C23H35N3O5. The van der Waals surface area contributed by atoms with Crippen LogP contribution in [0, 0.1) is 22.0 Å². The summed E-state index contributed by atoms with van der Waals surface area (Å²) >= 11 is 0. The summed E-state index contributed by atoms with van der Waals surface area (Å²) in [6.07, 6.45) is 1.72. The minimum absolute atomic E-state index is 0.0756. The van der Waals surface area contributed by atoms with Crippen molar-refractivity contribution >= 4 is 17.3 Å². The summed E-state index contributed by atoms with van der Waals surface area (Å²) in [6, 6.07) is 5.26. The lowest BCUT2D eigenvalue weighted by atomic mass is 9.90. The van der Waals surface area contributed by atoms with E-state index in [0.717, 1.165) is 13.0 Å². The monoisotopic (exact) mass is 433 g/mol. The Hall–Kier alpha value is -2.61. The molecule has 8 nitrogen and oxygen atoms in total. The number of esters is 1. The number of benzene rings is 1. The number of carbonyl (C=O) groups is 1. The Bertz CT molecular complexity index is 782. The van der Waals surface area contributed by atoms with E-state index >= 15 is 0 Å². The maximum Gasteiger partial charge on any atom is 0.333 e. The van der Waals surface area contributed by atoms with Gasteiger partial charge in [-0.1, -0.05) is 26.8 Å². The maximum atomic E-state index is 11.8. The predicted octanol–water partition coefficient (Wildman–Crippen LogP) is 3.94. The summed E-state index contributed by atoms with van der Waals surface area (Å²) < 4.78 is 10.6. The molecule has 2 rings (SSSR count). The van der Waals surface area contributed by atoms with E-state index in [4.69, 9.17) is 9.47 Å². The van der Waals surface area contributed by atoms with Crippen molar-refractivity contribution in [3.63, 3.8) is 0 Å². The average Bonchev–Trinajstić information content (AvgIpc) is 3.05. The summed E-state index contributed by atoms with van der Waals surface area (Å²) in [5.74, 6) is 1.000. The number of nitrogens with zero attached hydrogens (tertiary/aromatic N) is 2. The fourth-order valence-electron chi connectivity index (χ4n) is 4.11. The number of hydrogen-bond acceptors (Lipinski definition) is 7. The first-order valence-corrected chi connectivity index (χ1v) is 11.0. The third-order valence-corrected chi connectivity index (χ3v) is 5.90. The van der Waals surface area contributed by atoms with Crippen LogP contribution in [0.3, 0.4) is 0 Å². The highest BCUT2D eigenvalue weighted by atomic mass is 16.6. The number of hydrogen-bond donors (Lipinski definition) is 1. The van der Waals surface area contributed by atoms with Crippen molar-refractivity contribution in [3.8, 4) is 5.75 Å². The minimum atomic E-state index is -0.371. The van der Waals surface area contributed by atoms with Gasteiger partial charge in [0.2, 0.25) is 0 Å². The Morgan fingerprint density at radius 2 is 2.13 bits per heavy atom. The highest BCUT2D eigenvalue weighted by molar-refractivity contribution is 5.86. The van der Waals surface area contributed by atoms with Crippen LogP contribution in [-0.2, 0) is 9.53 Å². The van der Waals surface area contributed by atoms with Crippen LogP contribution in [0.4, 0.5) is 11.4 Å². The lowest BCUT2D eigenvalue weighted by molar-refractivity contribution is -0.384. The second-order valence-electron chi connectivity index (χ2n) is 8.06. The summed E-state index contributed by atoms with van der Waals surface area (Å²) in [5.41, 5.74) is 1.11. The third kappa shape index (κ3) is 6.43. The third-order valence-electron chi connectivity index (χ3n) is 5.90. The molecule has 0 aromatic heterocycles. The van der Waals surface area contributed by atoms with Gasteiger partial charge in [0.25, 0.3) is 5.69 Å². The Labute approximate surface area is 184 Å². The van der Waals surface area contributed by atoms with Gasteiger partial charge in [0.1, 0.15) is 11.4 Å². The number of rotatable bonds is 12. The smallest absolute Gasteiger partial charge is 0.333 e. The van der Waals surface area contributed by atoms with Gasteiger partial charge in [0, 0.05) is 24.7 Å². The lowest BCUT2D eigenvalue weighted by Crippen LogP contribution is -2.41. The number of carbonyl (C=O) groups excluding carboxylic acids is 1. The topological polar surface area (TPSA) is 93.9 Å². The Kier molecular flexibility index (Phi) is 9.30. The van der Waals surface area contributed by atoms with Gasteiger partial charge in [-0.15, -0.1) is 0 Å². The van der Waals surface area contributed by atoms with Crippen molar-refractivity contribution in [1.29, 1.82) is 0 Å². The van der Waals surface area contributed by atoms with Crippen molar-refractivity contribution in [1.82, 2.24) is 5.32 Å². The highest BCUT2D eigenvalue weighted by Crippen LogP contribution is 2.40. The molecule has 1 aromatic rings. The van der Waals surface area contributed by atoms with Crippen molar-refractivity contribution < 1.29 is 19.2 Å². The normalized spacial score (nSPS) is 20.5. The van der Waals surface area contributed by atoms with Gasteiger partial charge in [-0.05, 0) is 50.8 Å². The Morgan fingerprint density at radius 3 is 2.74 bits per heavy atom. The van der Waals surface area contributed by atoms with Crippen LogP contribution in [-0.4, -0.2) is 49.8 Å². The fraction of sp³-hybridized carbons (Fsp3) is 0.609. The van der Waals surface area contributed by atoms with Gasteiger partial charge in [-0.3, -0.25) is 10.1 Å². The van der Waals surface area contributed by atoms with Gasteiger partial charge < -0.3 is 19.7 Å². The quantitative estimate of drug-likeness (QED) is 0.175. The number of nitro benzene ring substituents is 1. The summed E-state index contributed by atoms with van der Waals surface area (Å²) in [4.78, 5) is 25.0. The van der Waals surface area contributed by atoms with Crippen LogP contribution < -0.4 is 15.0 Å². The van der Waals surface area contributed by atoms with Crippen LogP contribution in [0.2, 0.25) is 0 Å². The summed E-state index contributed by atoms with van der Waals surface area (Å²) in [5, 5.41) is 15.2. The molecular weight excluding hydrogens is 398 g/mol. The summed E-state index contributed by atoms with van der Waals surface area (Å²) in [7, 11) is 0. The zero-order valence-electron chi connectivity index (χ0n) is 19.1. The molecule has 1 fully saturated rings. The van der Waals surface area contributed by atoms with Crippen LogP contribution in [0.1, 0.15) is 40.5 Å². The van der Waals surface area contributed by atoms with E-state index in [9.17, 15) is 14.9 Å². The summed E-state index contributed by atoms with van der Waals surface area (Å²) in [6.45, 7) is 14.4. The van der Waals surface area contributed by atoms with E-state index in [2.05, 4.69) is 30.6 Å². The molecule has 31 heavy (non-hydrogen) atoms. The molecule has 0 saturated carbocycles. The molecule has 1 heterocycles. The lowest BCUT2D eigenvalue weighted by Gasteiger charge is -2.29. The first kappa shape index (κ1) is 24.7. The Balaban J connectivity index is 2.07. The molecule has 0 bridgehead atoms. The molecule has 1 N–H and O–H groups in total. The molecule has 3 atom stereocenters. The molecule has 0 amide bonds. The molecule has 8 heteroatoms. The van der Waals surface area contributed by atoms with E-state index in [1.165, 1.54) is 6.07 Å². The van der Waals surface area contributed by atoms with Crippen LogP contribution >= 0.6 is 0 Å². The van der Waals surface area contributed by atoms with Crippen molar-refractivity contribution in [2.75, 3.05) is 37.7 Å². The molecule has 0 spiro atoms. The highest BCUT2D eigenvalue weighted by Gasteiger charge is 2.40. The standard InChI is InChI=1S/C23H35N3O5/c1-6-18-15-25(20-10-9-19(30-7-2)13-21(20)26(28)29)22(17(18)5)14-24-11-8-12-31-23(27)16(3)4/h9-10,13,17-18,22,24H,3,6-8,11-12,14-15H2,1-2,4-5H3. The van der Waals surface area contributed by atoms with E-state index in [0.29, 0.717) is 61.6 Å². The molecule has 172 valence electrons.